The largest absolute Gasteiger partial charge is 0.497 e. The third kappa shape index (κ3) is 5.48. The van der Waals surface area contributed by atoms with Crippen LogP contribution in [0.15, 0.2) is 55.1 Å². The molecule has 2 aromatic carbocycles. The Kier molecular flexibility index (Phi) is 7.68. The minimum absolute atomic E-state index is 0.0840. The van der Waals surface area contributed by atoms with Gasteiger partial charge in [-0.25, -0.2) is 0 Å². The Bertz CT molecular complexity index is 804. The zero-order chi connectivity index (χ0) is 19.6. The number of benzene rings is 2. The number of ketones is 1. The zero-order valence-corrected chi connectivity index (χ0v) is 16.2. The molecule has 0 radical (unpaired) electrons. The molecule has 0 aliphatic heterocycles. The van der Waals surface area contributed by atoms with Gasteiger partial charge in [-0.1, -0.05) is 6.08 Å². The molecule has 142 valence electrons. The molecule has 0 aliphatic carbocycles. The molecular formula is C23H26O4. The molecule has 2 rings (SSSR count). The van der Waals surface area contributed by atoms with E-state index in [1.807, 2.05) is 32.1 Å². The van der Waals surface area contributed by atoms with E-state index < -0.39 is 0 Å². The minimum Gasteiger partial charge on any atom is -0.497 e. The molecule has 0 amide bonds. The second kappa shape index (κ2) is 10.2. The molecule has 0 heterocycles. The molecule has 0 saturated heterocycles. The Morgan fingerprint density at radius 1 is 1.04 bits per heavy atom. The van der Waals surface area contributed by atoms with Gasteiger partial charge in [-0.2, -0.15) is 0 Å². The summed E-state index contributed by atoms with van der Waals surface area (Å²) in [5.41, 5.74) is 2.44. The summed E-state index contributed by atoms with van der Waals surface area (Å²) < 4.78 is 16.6. The Balaban J connectivity index is 2.33. The molecule has 0 spiro atoms. The smallest absolute Gasteiger partial charge is 0.185 e. The number of methoxy groups -OCH3 is 1. The van der Waals surface area contributed by atoms with Gasteiger partial charge >= 0.3 is 0 Å². The number of carbonyl (C=O) groups is 1. The van der Waals surface area contributed by atoms with E-state index in [2.05, 4.69) is 6.58 Å². The van der Waals surface area contributed by atoms with Crippen LogP contribution in [0.25, 0.3) is 6.08 Å². The maximum Gasteiger partial charge on any atom is 0.185 e. The van der Waals surface area contributed by atoms with Crippen LogP contribution in [-0.4, -0.2) is 26.1 Å². The minimum atomic E-state index is -0.0840. The molecule has 0 aliphatic rings. The first-order chi connectivity index (χ1) is 13.1. The van der Waals surface area contributed by atoms with Gasteiger partial charge in [-0.05, 0) is 68.3 Å². The van der Waals surface area contributed by atoms with Gasteiger partial charge in [0.1, 0.15) is 17.2 Å². The Morgan fingerprint density at radius 2 is 1.70 bits per heavy atom. The first kappa shape index (κ1) is 20.3. The summed E-state index contributed by atoms with van der Waals surface area (Å²) in [7, 11) is 1.60. The van der Waals surface area contributed by atoms with E-state index in [4.69, 9.17) is 14.2 Å². The van der Waals surface area contributed by atoms with Crippen molar-refractivity contribution in [3.63, 3.8) is 0 Å². The highest BCUT2D eigenvalue weighted by Gasteiger charge is 2.11. The van der Waals surface area contributed by atoms with Gasteiger partial charge in [-0.3, -0.25) is 4.79 Å². The standard InChI is InChI=1S/C23H26O4/c1-5-8-18-15-19(23(27-7-3)16-22(18)26-6-2)11-14-21(24)17-9-12-20(25-4)13-10-17/h5,9-16H,1,6-8H2,2-4H3/b14-11+. The molecule has 0 fully saturated rings. The summed E-state index contributed by atoms with van der Waals surface area (Å²) in [6, 6.07) is 10.9. The summed E-state index contributed by atoms with van der Waals surface area (Å²) >= 11 is 0. The SMILES string of the molecule is C=CCc1cc(/C=C/C(=O)c2ccc(OC)cc2)c(OCC)cc1OCC. The van der Waals surface area contributed by atoms with Crippen LogP contribution in [0, 0.1) is 0 Å². The topological polar surface area (TPSA) is 44.8 Å². The van der Waals surface area contributed by atoms with Crippen LogP contribution >= 0.6 is 0 Å². The van der Waals surface area contributed by atoms with Crippen molar-refractivity contribution in [1.29, 1.82) is 0 Å². The third-order valence-electron chi connectivity index (χ3n) is 3.95. The first-order valence-electron chi connectivity index (χ1n) is 9.02. The highest BCUT2D eigenvalue weighted by molar-refractivity contribution is 6.07. The van der Waals surface area contributed by atoms with Crippen LogP contribution < -0.4 is 14.2 Å². The van der Waals surface area contributed by atoms with Crippen LogP contribution in [0.1, 0.15) is 35.3 Å². The Labute approximate surface area is 161 Å². The van der Waals surface area contributed by atoms with Crippen LogP contribution in [0.2, 0.25) is 0 Å². The summed E-state index contributed by atoms with van der Waals surface area (Å²) in [4.78, 5) is 12.5. The van der Waals surface area contributed by atoms with Gasteiger partial charge in [0.25, 0.3) is 0 Å². The van der Waals surface area contributed by atoms with Gasteiger partial charge < -0.3 is 14.2 Å². The molecule has 0 atom stereocenters. The molecule has 4 heteroatoms. The summed E-state index contributed by atoms with van der Waals surface area (Å²) in [6.07, 6.45) is 5.83. The fourth-order valence-corrected chi connectivity index (χ4v) is 2.66. The second-order valence-electron chi connectivity index (χ2n) is 5.78. The monoisotopic (exact) mass is 366 g/mol. The average Bonchev–Trinajstić information content (AvgIpc) is 2.69. The van der Waals surface area contributed by atoms with E-state index in [1.54, 1.807) is 43.5 Å². The Morgan fingerprint density at radius 3 is 2.30 bits per heavy atom. The lowest BCUT2D eigenvalue weighted by molar-refractivity contribution is 0.104. The van der Waals surface area contributed by atoms with Crippen molar-refractivity contribution in [2.45, 2.75) is 20.3 Å². The molecular weight excluding hydrogens is 340 g/mol. The number of hydrogen-bond donors (Lipinski definition) is 0. The molecule has 0 saturated carbocycles. The van der Waals surface area contributed by atoms with E-state index in [9.17, 15) is 4.79 Å². The van der Waals surface area contributed by atoms with Crippen molar-refractivity contribution in [2.75, 3.05) is 20.3 Å². The van der Waals surface area contributed by atoms with Gasteiger partial charge in [0.2, 0.25) is 0 Å². The molecule has 0 aromatic heterocycles. The lowest BCUT2D eigenvalue weighted by Gasteiger charge is -2.14. The van der Waals surface area contributed by atoms with Crippen molar-refractivity contribution in [3.05, 3.63) is 71.8 Å². The van der Waals surface area contributed by atoms with Crippen LogP contribution in [-0.2, 0) is 6.42 Å². The highest BCUT2D eigenvalue weighted by atomic mass is 16.5. The zero-order valence-electron chi connectivity index (χ0n) is 16.2. The maximum atomic E-state index is 12.5. The van der Waals surface area contributed by atoms with Crippen LogP contribution in [0.5, 0.6) is 17.2 Å². The van der Waals surface area contributed by atoms with E-state index in [0.29, 0.717) is 30.9 Å². The predicted molar refractivity (Wildman–Crippen MR) is 109 cm³/mol. The summed E-state index contributed by atoms with van der Waals surface area (Å²) in [6.45, 7) is 8.77. The first-order valence-corrected chi connectivity index (χ1v) is 9.02. The maximum absolute atomic E-state index is 12.5. The molecule has 0 N–H and O–H groups in total. The highest BCUT2D eigenvalue weighted by Crippen LogP contribution is 2.31. The van der Waals surface area contributed by atoms with Crippen LogP contribution in [0.4, 0.5) is 0 Å². The molecule has 0 unspecified atom stereocenters. The molecule has 0 bridgehead atoms. The fourth-order valence-electron chi connectivity index (χ4n) is 2.66. The van der Waals surface area contributed by atoms with E-state index in [1.165, 1.54) is 0 Å². The summed E-state index contributed by atoms with van der Waals surface area (Å²) in [5, 5.41) is 0. The number of carbonyl (C=O) groups excluding carboxylic acids is 1. The quantitative estimate of drug-likeness (QED) is 0.333. The number of hydrogen-bond acceptors (Lipinski definition) is 4. The second-order valence-corrected chi connectivity index (χ2v) is 5.78. The van der Waals surface area contributed by atoms with Gasteiger partial charge in [-0.15, -0.1) is 6.58 Å². The van der Waals surface area contributed by atoms with Gasteiger partial charge in [0.05, 0.1) is 20.3 Å². The molecule has 27 heavy (non-hydrogen) atoms. The van der Waals surface area contributed by atoms with E-state index in [-0.39, 0.29) is 5.78 Å². The van der Waals surface area contributed by atoms with Gasteiger partial charge in [0.15, 0.2) is 5.78 Å². The van der Waals surface area contributed by atoms with Crippen LogP contribution in [0.3, 0.4) is 0 Å². The number of allylic oxidation sites excluding steroid dienone is 2. The van der Waals surface area contributed by atoms with E-state index >= 15 is 0 Å². The Hall–Kier alpha value is -3.01. The third-order valence-corrected chi connectivity index (χ3v) is 3.95. The van der Waals surface area contributed by atoms with Crippen molar-refractivity contribution < 1.29 is 19.0 Å². The lowest BCUT2D eigenvalue weighted by Crippen LogP contribution is -2.01. The van der Waals surface area contributed by atoms with Crippen molar-refractivity contribution in [1.82, 2.24) is 0 Å². The van der Waals surface area contributed by atoms with Crippen molar-refractivity contribution in [2.24, 2.45) is 0 Å². The average molecular weight is 366 g/mol. The summed E-state index contributed by atoms with van der Waals surface area (Å²) in [5.74, 6) is 2.10. The fraction of sp³-hybridized carbons (Fsp3) is 0.261. The normalized spacial score (nSPS) is 10.6. The molecule has 2 aromatic rings. The van der Waals surface area contributed by atoms with E-state index in [0.717, 1.165) is 22.6 Å². The van der Waals surface area contributed by atoms with Crippen molar-refractivity contribution in [3.8, 4) is 17.2 Å². The number of rotatable bonds is 10. The van der Waals surface area contributed by atoms with Gasteiger partial charge in [0, 0.05) is 17.2 Å². The van der Waals surface area contributed by atoms with Crippen molar-refractivity contribution >= 4 is 11.9 Å². The molecule has 4 nitrogen and oxygen atoms in total. The lowest BCUT2D eigenvalue weighted by atomic mass is 10.0. The number of ether oxygens (including phenoxy) is 3. The predicted octanol–water partition coefficient (Wildman–Crippen LogP) is 5.12.